The molecule has 4 heterocycles. The lowest BCUT2D eigenvalue weighted by Crippen LogP contribution is -2.30. The maximum Gasteiger partial charge on any atom is 0.0995 e. The normalized spacial score (nSPS) is 17.9. The van der Waals surface area contributed by atoms with Gasteiger partial charge in [0.2, 0.25) is 0 Å². The molecular formula is C25H41N5S2. The van der Waals surface area contributed by atoms with Crippen LogP contribution in [0.3, 0.4) is 0 Å². The predicted molar refractivity (Wildman–Crippen MR) is 143 cm³/mol. The van der Waals surface area contributed by atoms with Crippen molar-refractivity contribution in [2.75, 3.05) is 26.2 Å². The van der Waals surface area contributed by atoms with E-state index >= 15 is 0 Å². The van der Waals surface area contributed by atoms with Gasteiger partial charge in [-0.25, -0.2) is 4.37 Å². The van der Waals surface area contributed by atoms with Gasteiger partial charge in [0.1, 0.15) is 0 Å². The van der Waals surface area contributed by atoms with E-state index in [1.807, 2.05) is 20.0 Å². The fourth-order valence-corrected chi connectivity index (χ4v) is 5.07. The van der Waals surface area contributed by atoms with E-state index in [0.717, 1.165) is 39.0 Å². The van der Waals surface area contributed by atoms with Crippen LogP contribution in [0.25, 0.3) is 0 Å². The van der Waals surface area contributed by atoms with Crippen LogP contribution >= 0.6 is 22.9 Å². The van der Waals surface area contributed by atoms with Crippen LogP contribution in [0.2, 0.25) is 0 Å². The van der Waals surface area contributed by atoms with Crippen molar-refractivity contribution in [1.29, 1.82) is 0 Å². The van der Waals surface area contributed by atoms with Crippen LogP contribution in [0.5, 0.6) is 0 Å². The number of hydrogen-bond acceptors (Lipinski definition) is 7. The Balaban J connectivity index is 0.000000211. The Morgan fingerprint density at radius 2 is 1.50 bits per heavy atom. The minimum absolute atomic E-state index is 0.489. The summed E-state index contributed by atoms with van der Waals surface area (Å²) in [6, 6.07) is 4.30. The molecule has 2 N–H and O–H groups in total. The van der Waals surface area contributed by atoms with Crippen molar-refractivity contribution in [1.82, 2.24) is 15.0 Å². The van der Waals surface area contributed by atoms with Gasteiger partial charge in [-0.15, -0.1) is 0 Å². The maximum atomic E-state index is 4.61. The lowest BCUT2D eigenvalue weighted by Gasteiger charge is -2.14. The number of thiophene rings is 1. The molecule has 0 bridgehead atoms. The molecule has 2 atom stereocenters. The van der Waals surface area contributed by atoms with E-state index in [2.05, 4.69) is 61.7 Å². The summed E-state index contributed by atoms with van der Waals surface area (Å²) < 4.78 is 4.12. The standard InChI is InChI=1S/C12H18N2S.C11H17N3S.C2H6/c1-10(8-11-4-7-15-9-11)12-13-5-2-3-6-14-12;1-9(8-10-4-7-14-15-10)11-12-5-2-3-6-13-11;1-2/h4,7,9-10H,2-3,5-6,8H2,1H3,(H,13,14);4,7,9H,2-3,5-6,8H2,1H3,(H,12,13);1-2H3. The van der Waals surface area contributed by atoms with Crippen molar-refractivity contribution >= 4 is 34.5 Å². The molecule has 0 spiro atoms. The Hall–Kier alpha value is -1.73. The highest BCUT2D eigenvalue weighted by Crippen LogP contribution is 2.14. The van der Waals surface area contributed by atoms with Gasteiger partial charge in [-0.05, 0) is 78.5 Å². The summed E-state index contributed by atoms with van der Waals surface area (Å²) in [7, 11) is 0. The Bertz CT molecular complexity index is 702. The van der Waals surface area contributed by atoms with E-state index < -0.39 is 0 Å². The van der Waals surface area contributed by atoms with E-state index in [1.165, 1.54) is 47.8 Å². The zero-order chi connectivity index (χ0) is 23.0. The monoisotopic (exact) mass is 475 g/mol. The molecule has 178 valence electrons. The van der Waals surface area contributed by atoms with Gasteiger partial charge in [-0.3, -0.25) is 9.98 Å². The molecule has 2 aromatic rings. The fraction of sp³-hybridized carbons (Fsp3) is 0.640. The number of nitrogens with zero attached hydrogens (tertiary/aromatic N) is 3. The van der Waals surface area contributed by atoms with Gasteiger partial charge >= 0.3 is 0 Å². The summed E-state index contributed by atoms with van der Waals surface area (Å²) in [5, 5.41) is 11.2. The van der Waals surface area contributed by atoms with Gasteiger partial charge in [-0.1, -0.05) is 27.7 Å². The lowest BCUT2D eigenvalue weighted by molar-refractivity contribution is 0.711. The first kappa shape index (κ1) is 26.5. The van der Waals surface area contributed by atoms with E-state index in [0.29, 0.717) is 11.8 Å². The van der Waals surface area contributed by atoms with Gasteiger partial charge in [-0.2, -0.15) is 11.3 Å². The second-order valence-corrected chi connectivity index (χ2v) is 9.82. The quantitative estimate of drug-likeness (QED) is 0.552. The van der Waals surface area contributed by atoms with Crippen LogP contribution in [0.4, 0.5) is 0 Å². The summed E-state index contributed by atoms with van der Waals surface area (Å²) in [6.45, 7) is 12.6. The molecule has 0 saturated heterocycles. The second kappa shape index (κ2) is 16.0. The highest BCUT2D eigenvalue weighted by molar-refractivity contribution is 7.08. The number of hydrogen-bond donors (Lipinski definition) is 2. The lowest BCUT2D eigenvalue weighted by atomic mass is 10.0. The average molecular weight is 476 g/mol. The first-order chi connectivity index (χ1) is 15.7. The molecule has 0 aliphatic carbocycles. The van der Waals surface area contributed by atoms with Gasteiger partial charge in [0.25, 0.3) is 0 Å². The number of aromatic nitrogens is 1. The summed E-state index contributed by atoms with van der Waals surface area (Å²) in [4.78, 5) is 10.5. The number of nitrogens with one attached hydrogen (secondary N) is 2. The largest absolute Gasteiger partial charge is 0.374 e. The molecule has 0 amide bonds. The minimum Gasteiger partial charge on any atom is -0.374 e. The maximum absolute atomic E-state index is 4.61. The van der Waals surface area contributed by atoms with Crippen LogP contribution in [-0.2, 0) is 12.8 Å². The molecule has 2 aliphatic heterocycles. The molecule has 0 radical (unpaired) electrons. The summed E-state index contributed by atoms with van der Waals surface area (Å²) in [6.07, 6.45) is 8.95. The molecule has 0 fully saturated rings. The third-order valence-corrected chi connectivity index (χ3v) is 6.90. The molecule has 2 aliphatic rings. The molecule has 2 unspecified atom stereocenters. The zero-order valence-corrected chi connectivity index (χ0v) is 21.9. The molecule has 0 saturated carbocycles. The van der Waals surface area contributed by atoms with Crippen molar-refractivity contribution in [2.45, 2.75) is 66.2 Å². The Morgan fingerprint density at radius 3 is 2.03 bits per heavy atom. The van der Waals surface area contributed by atoms with Crippen molar-refractivity contribution in [3.63, 3.8) is 0 Å². The highest BCUT2D eigenvalue weighted by Gasteiger charge is 2.14. The molecule has 0 aromatic carbocycles. The van der Waals surface area contributed by atoms with Gasteiger partial charge in [0.15, 0.2) is 0 Å². The van der Waals surface area contributed by atoms with Crippen LogP contribution in [0, 0.1) is 11.8 Å². The third-order valence-electron chi connectivity index (χ3n) is 5.40. The van der Waals surface area contributed by atoms with E-state index in [9.17, 15) is 0 Å². The van der Waals surface area contributed by atoms with E-state index in [-0.39, 0.29) is 0 Å². The number of aliphatic imine (C=N–C) groups is 2. The molecule has 5 nitrogen and oxygen atoms in total. The highest BCUT2D eigenvalue weighted by atomic mass is 32.1. The van der Waals surface area contributed by atoms with Crippen molar-refractivity contribution in [3.05, 3.63) is 39.5 Å². The fourth-order valence-electron chi connectivity index (χ4n) is 3.68. The van der Waals surface area contributed by atoms with E-state index in [1.54, 1.807) is 22.9 Å². The topological polar surface area (TPSA) is 61.7 Å². The molecule has 4 rings (SSSR count). The van der Waals surface area contributed by atoms with Crippen molar-refractivity contribution in [3.8, 4) is 0 Å². The summed E-state index contributed by atoms with van der Waals surface area (Å²) in [5.74, 6) is 3.40. The van der Waals surface area contributed by atoms with Gasteiger partial charge in [0.05, 0.1) is 11.7 Å². The average Bonchev–Trinajstić information content (AvgIpc) is 3.35. The predicted octanol–water partition coefficient (Wildman–Crippen LogP) is 5.84. The molecule has 32 heavy (non-hydrogen) atoms. The Morgan fingerprint density at radius 1 is 0.875 bits per heavy atom. The molecule has 2 aromatic heterocycles. The van der Waals surface area contributed by atoms with Crippen LogP contribution in [-0.4, -0.2) is 42.2 Å². The Kier molecular flexibility index (Phi) is 13.2. The molecular weight excluding hydrogens is 434 g/mol. The minimum atomic E-state index is 0.489. The number of amidine groups is 2. The van der Waals surface area contributed by atoms with Crippen molar-refractivity contribution in [2.24, 2.45) is 21.8 Å². The van der Waals surface area contributed by atoms with Crippen molar-refractivity contribution < 1.29 is 0 Å². The zero-order valence-electron chi connectivity index (χ0n) is 20.3. The van der Waals surface area contributed by atoms with E-state index in [4.69, 9.17) is 0 Å². The van der Waals surface area contributed by atoms with Gasteiger partial charge in [0, 0.05) is 49.1 Å². The number of rotatable bonds is 6. The van der Waals surface area contributed by atoms with Crippen LogP contribution in [0.1, 0.15) is 63.8 Å². The SMILES string of the molecule is CC.CC(Cc1ccns1)C1=NCCCCN1.CC(Cc1ccsc1)C1=NCCCCN1. The van der Waals surface area contributed by atoms with Crippen LogP contribution < -0.4 is 10.6 Å². The molecule has 7 heteroatoms. The summed E-state index contributed by atoms with van der Waals surface area (Å²) in [5.41, 5.74) is 1.43. The first-order valence-electron chi connectivity index (χ1n) is 12.2. The van der Waals surface area contributed by atoms with Crippen LogP contribution in [0.15, 0.2) is 39.1 Å². The Labute approximate surface area is 203 Å². The third kappa shape index (κ3) is 9.82. The second-order valence-electron chi connectivity index (χ2n) is 8.12. The van der Waals surface area contributed by atoms with Gasteiger partial charge < -0.3 is 10.6 Å². The first-order valence-corrected chi connectivity index (χ1v) is 13.9. The smallest absolute Gasteiger partial charge is 0.0995 e. The summed E-state index contributed by atoms with van der Waals surface area (Å²) >= 11 is 3.36.